The van der Waals surface area contributed by atoms with Crippen LogP contribution in [0.3, 0.4) is 0 Å². The quantitative estimate of drug-likeness (QED) is 0.800. The summed E-state index contributed by atoms with van der Waals surface area (Å²) in [5.74, 6) is 0. The van der Waals surface area contributed by atoms with E-state index < -0.39 is 0 Å². The Kier molecular flexibility index (Phi) is 2.54. The van der Waals surface area contributed by atoms with E-state index in [2.05, 4.69) is 0 Å². The van der Waals surface area contributed by atoms with E-state index in [1.54, 1.807) is 17.5 Å². The summed E-state index contributed by atoms with van der Waals surface area (Å²) in [5.41, 5.74) is 1.38. The summed E-state index contributed by atoms with van der Waals surface area (Å²) in [6.07, 6.45) is 0.780. The summed E-state index contributed by atoms with van der Waals surface area (Å²) in [5, 5.41) is 12.2. The van der Waals surface area contributed by atoms with Crippen LogP contribution in [0.1, 0.15) is 15.9 Å². The maximum atomic E-state index is 10.8. The van der Waals surface area contributed by atoms with Crippen molar-refractivity contribution < 1.29 is 9.90 Å². The predicted molar refractivity (Wildman–Crippen MR) is 58.1 cm³/mol. The Hall–Kier alpha value is -0.900. The van der Waals surface area contributed by atoms with Gasteiger partial charge in [-0.3, -0.25) is 4.79 Å². The van der Waals surface area contributed by atoms with Crippen molar-refractivity contribution in [1.29, 1.82) is 0 Å². The van der Waals surface area contributed by atoms with Gasteiger partial charge in [0, 0.05) is 21.0 Å². The number of hydrogen-bond acceptors (Lipinski definition) is 3. The lowest BCUT2D eigenvalue weighted by molar-refractivity contribution is 0.112. The van der Waals surface area contributed by atoms with Gasteiger partial charge in [0.15, 0.2) is 6.29 Å². The van der Waals surface area contributed by atoms with Crippen LogP contribution < -0.4 is 0 Å². The zero-order valence-electron chi connectivity index (χ0n) is 7.16. The zero-order valence-corrected chi connectivity index (χ0v) is 8.73. The van der Waals surface area contributed by atoms with Crippen molar-refractivity contribution in [3.63, 3.8) is 0 Å². The second kappa shape index (κ2) is 3.69. The molecule has 1 N–H and O–H groups in total. The molecule has 72 valence electrons. The summed E-state index contributed by atoms with van der Waals surface area (Å²) in [6, 6.07) is 3.43. The molecule has 0 amide bonds. The molecule has 0 aliphatic heterocycles. The van der Waals surface area contributed by atoms with Gasteiger partial charge >= 0.3 is 0 Å². The lowest BCUT2D eigenvalue weighted by Crippen LogP contribution is -1.87. The largest absolute Gasteiger partial charge is 0.392 e. The van der Waals surface area contributed by atoms with Gasteiger partial charge in [-0.2, -0.15) is 0 Å². The van der Waals surface area contributed by atoms with Crippen molar-refractivity contribution >= 4 is 39.3 Å². The molecule has 0 aliphatic carbocycles. The third-order valence-electron chi connectivity index (χ3n) is 2.09. The van der Waals surface area contributed by atoms with Crippen molar-refractivity contribution in [3.8, 4) is 0 Å². The normalized spacial score (nSPS) is 10.7. The first-order chi connectivity index (χ1) is 6.77. The van der Waals surface area contributed by atoms with Crippen LogP contribution in [0.25, 0.3) is 10.1 Å². The van der Waals surface area contributed by atoms with E-state index in [1.807, 2.05) is 0 Å². The minimum Gasteiger partial charge on any atom is -0.392 e. The smallest absolute Gasteiger partial charge is 0.150 e. The number of aldehydes is 1. The van der Waals surface area contributed by atoms with Crippen molar-refractivity contribution in [3.05, 3.63) is 33.7 Å². The van der Waals surface area contributed by atoms with Crippen LogP contribution in [0, 0.1) is 0 Å². The SMILES string of the molecule is O=Cc1ccc(CO)c2scc(Cl)c12. The molecule has 1 aromatic heterocycles. The van der Waals surface area contributed by atoms with Gasteiger partial charge in [-0.15, -0.1) is 11.3 Å². The lowest BCUT2D eigenvalue weighted by Gasteiger charge is -2.00. The maximum absolute atomic E-state index is 10.8. The molecular formula is C10H7ClO2S. The van der Waals surface area contributed by atoms with E-state index >= 15 is 0 Å². The van der Waals surface area contributed by atoms with E-state index in [9.17, 15) is 4.79 Å². The minimum absolute atomic E-state index is 0.0352. The fraction of sp³-hybridized carbons (Fsp3) is 0.100. The standard InChI is InChI=1S/C10H7ClO2S/c11-8-5-14-10-7(4-13)2-1-6(3-12)9(8)10/h1-3,5,13H,4H2. The molecule has 0 radical (unpaired) electrons. The molecule has 2 nitrogen and oxygen atoms in total. The number of thiophene rings is 1. The first kappa shape index (κ1) is 9.65. The molecule has 4 heteroatoms. The zero-order chi connectivity index (χ0) is 10.1. The Morgan fingerprint density at radius 1 is 1.50 bits per heavy atom. The molecule has 0 spiro atoms. The van der Waals surface area contributed by atoms with Gasteiger partial charge in [0.25, 0.3) is 0 Å². The van der Waals surface area contributed by atoms with Gasteiger partial charge in [-0.05, 0) is 5.56 Å². The van der Waals surface area contributed by atoms with E-state index in [-0.39, 0.29) is 6.61 Å². The van der Waals surface area contributed by atoms with Gasteiger partial charge in [-0.25, -0.2) is 0 Å². The van der Waals surface area contributed by atoms with Crippen LogP contribution in [-0.4, -0.2) is 11.4 Å². The second-order valence-electron chi connectivity index (χ2n) is 2.88. The van der Waals surface area contributed by atoms with Gasteiger partial charge < -0.3 is 5.11 Å². The third kappa shape index (κ3) is 1.34. The number of aliphatic hydroxyl groups excluding tert-OH is 1. The topological polar surface area (TPSA) is 37.3 Å². The molecule has 1 heterocycles. The fourth-order valence-electron chi connectivity index (χ4n) is 1.41. The first-order valence-electron chi connectivity index (χ1n) is 4.02. The highest BCUT2D eigenvalue weighted by Gasteiger charge is 2.10. The first-order valence-corrected chi connectivity index (χ1v) is 5.28. The highest BCUT2D eigenvalue weighted by atomic mass is 35.5. The number of carbonyl (C=O) groups is 1. The van der Waals surface area contributed by atoms with Gasteiger partial charge in [0.1, 0.15) is 0 Å². The number of fused-ring (bicyclic) bond motifs is 1. The van der Waals surface area contributed by atoms with Crippen LogP contribution in [0.5, 0.6) is 0 Å². The van der Waals surface area contributed by atoms with Crippen LogP contribution in [0.15, 0.2) is 17.5 Å². The number of benzene rings is 1. The molecule has 0 saturated carbocycles. The van der Waals surface area contributed by atoms with Crippen LogP contribution >= 0.6 is 22.9 Å². The highest BCUT2D eigenvalue weighted by molar-refractivity contribution is 7.18. The average Bonchev–Trinajstić information content (AvgIpc) is 2.60. The van der Waals surface area contributed by atoms with E-state index in [1.165, 1.54) is 11.3 Å². The molecule has 0 bridgehead atoms. The summed E-state index contributed by atoms with van der Waals surface area (Å²) >= 11 is 7.40. The Bertz CT molecular complexity index is 490. The molecule has 0 atom stereocenters. The van der Waals surface area contributed by atoms with Crippen LogP contribution in [0.4, 0.5) is 0 Å². The number of halogens is 1. The predicted octanol–water partition coefficient (Wildman–Crippen LogP) is 2.86. The minimum atomic E-state index is -0.0352. The molecule has 0 saturated heterocycles. The van der Waals surface area contributed by atoms with Crippen LogP contribution in [0.2, 0.25) is 5.02 Å². The van der Waals surface area contributed by atoms with Crippen molar-refractivity contribution in [2.24, 2.45) is 0 Å². The van der Waals surface area contributed by atoms with Crippen molar-refractivity contribution in [1.82, 2.24) is 0 Å². The summed E-state index contributed by atoms with van der Waals surface area (Å²) < 4.78 is 0.891. The fourth-order valence-corrected chi connectivity index (χ4v) is 2.78. The van der Waals surface area contributed by atoms with Crippen molar-refractivity contribution in [2.75, 3.05) is 0 Å². The van der Waals surface area contributed by atoms with Gasteiger partial charge in [0.2, 0.25) is 0 Å². The maximum Gasteiger partial charge on any atom is 0.150 e. The lowest BCUT2D eigenvalue weighted by atomic mass is 10.1. The number of carbonyl (C=O) groups excluding carboxylic acids is 1. The molecule has 0 unspecified atom stereocenters. The highest BCUT2D eigenvalue weighted by Crippen LogP contribution is 2.34. The van der Waals surface area contributed by atoms with Gasteiger partial charge in [0.05, 0.1) is 11.6 Å². The Morgan fingerprint density at radius 2 is 2.29 bits per heavy atom. The Morgan fingerprint density at radius 3 is 2.93 bits per heavy atom. The number of aliphatic hydroxyl groups is 1. The molecular weight excluding hydrogens is 220 g/mol. The van der Waals surface area contributed by atoms with E-state index in [0.29, 0.717) is 10.6 Å². The molecule has 1 aromatic carbocycles. The number of hydrogen-bond donors (Lipinski definition) is 1. The van der Waals surface area contributed by atoms with Crippen LogP contribution in [-0.2, 0) is 6.61 Å². The monoisotopic (exact) mass is 226 g/mol. The van der Waals surface area contributed by atoms with Crippen molar-refractivity contribution in [2.45, 2.75) is 6.61 Å². The second-order valence-corrected chi connectivity index (χ2v) is 4.16. The third-order valence-corrected chi connectivity index (χ3v) is 3.57. The summed E-state index contributed by atoms with van der Waals surface area (Å²) in [7, 11) is 0. The van der Waals surface area contributed by atoms with Gasteiger partial charge in [-0.1, -0.05) is 23.7 Å². The average molecular weight is 227 g/mol. The Labute approximate surface area is 89.7 Å². The molecule has 0 aliphatic rings. The molecule has 2 aromatic rings. The number of rotatable bonds is 2. The van der Waals surface area contributed by atoms with E-state index in [4.69, 9.17) is 16.7 Å². The molecule has 2 rings (SSSR count). The Balaban J connectivity index is 2.87. The summed E-state index contributed by atoms with van der Waals surface area (Å²) in [6.45, 7) is -0.0352. The van der Waals surface area contributed by atoms with E-state index in [0.717, 1.165) is 21.9 Å². The molecule has 0 fully saturated rings. The molecule has 14 heavy (non-hydrogen) atoms. The summed E-state index contributed by atoms with van der Waals surface area (Å²) in [4.78, 5) is 10.8.